The van der Waals surface area contributed by atoms with Gasteiger partial charge in [0, 0.05) is 12.4 Å². The van der Waals surface area contributed by atoms with E-state index in [1.165, 1.54) is 0 Å². The fourth-order valence-corrected chi connectivity index (χ4v) is 1.74. The predicted octanol–water partition coefficient (Wildman–Crippen LogP) is 2.60. The van der Waals surface area contributed by atoms with Gasteiger partial charge in [0.05, 0.1) is 12.1 Å². The largest absolute Gasteiger partial charge is 0.481 e. The van der Waals surface area contributed by atoms with Gasteiger partial charge in [-0.05, 0) is 25.0 Å². The highest BCUT2D eigenvalue weighted by atomic mass is 16.4. The van der Waals surface area contributed by atoms with Gasteiger partial charge in [0.25, 0.3) is 0 Å². The summed E-state index contributed by atoms with van der Waals surface area (Å²) in [5.41, 5.74) is 3.62. The highest BCUT2D eigenvalue weighted by Crippen LogP contribution is 2.12. The van der Waals surface area contributed by atoms with E-state index >= 15 is 0 Å². The number of fused-ring (bicyclic) bond motifs is 1. The molecule has 1 N–H and O–H groups in total. The zero-order valence-electron chi connectivity index (χ0n) is 10.7. The summed E-state index contributed by atoms with van der Waals surface area (Å²) in [6.07, 6.45) is 3.68. The number of aromatic nitrogens is 2. The van der Waals surface area contributed by atoms with Gasteiger partial charge < -0.3 is 9.51 Å². The van der Waals surface area contributed by atoms with Crippen molar-refractivity contribution < 1.29 is 9.90 Å². The number of carboxylic acid groups (broad SMARTS) is 1. The molecule has 0 aliphatic rings. The van der Waals surface area contributed by atoms with Crippen LogP contribution in [0.2, 0.25) is 0 Å². The monoisotopic (exact) mass is 234 g/mol. The molecule has 0 saturated heterocycles. The second-order valence-electron chi connectivity index (χ2n) is 3.73. The molecule has 0 aliphatic heterocycles. The fourth-order valence-electron chi connectivity index (χ4n) is 1.74. The van der Waals surface area contributed by atoms with Crippen molar-refractivity contribution in [2.45, 2.75) is 34.1 Å². The summed E-state index contributed by atoms with van der Waals surface area (Å²) in [4.78, 5) is 14.8. The van der Waals surface area contributed by atoms with Crippen LogP contribution >= 0.6 is 0 Å². The number of imidazole rings is 1. The molecule has 2 aromatic heterocycles. The molecule has 4 nitrogen and oxygen atoms in total. The molecule has 0 spiro atoms. The average Bonchev–Trinajstić information content (AvgIpc) is 2.62. The molecule has 0 fully saturated rings. The van der Waals surface area contributed by atoms with Crippen molar-refractivity contribution in [2.24, 2.45) is 0 Å². The molecule has 0 amide bonds. The van der Waals surface area contributed by atoms with Crippen molar-refractivity contribution in [3.63, 3.8) is 0 Å². The van der Waals surface area contributed by atoms with E-state index in [0.29, 0.717) is 5.69 Å². The van der Waals surface area contributed by atoms with E-state index in [2.05, 4.69) is 4.98 Å². The highest BCUT2D eigenvalue weighted by Gasteiger charge is 2.07. The minimum atomic E-state index is -0.854. The molecule has 0 bridgehead atoms. The van der Waals surface area contributed by atoms with E-state index in [9.17, 15) is 4.79 Å². The molecule has 2 aromatic rings. The molecule has 4 heteroatoms. The molecule has 17 heavy (non-hydrogen) atoms. The van der Waals surface area contributed by atoms with E-state index in [0.717, 1.165) is 16.8 Å². The van der Waals surface area contributed by atoms with Crippen LogP contribution in [0.25, 0.3) is 5.65 Å². The number of rotatable bonds is 2. The molecular weight excluding hydrogens is 216 g/mol. The van der Waals surface area contributed by atoms with E-state index in [4.69, 9.17) is 5.11 Å². The third-order valence-corrected chi connectivity index (χ3v) is 2.25. The Balaban J connectivity index is 0.000000686. The van der Waals surface area contributed by atoms with Gasteiger partial charge >= 0.3 is 5.97 Å². The van der Waals surface area contributed by atoms with Crippen molar-refractivity contribution >= 4 is 11.6 Å². The first-order valence-corrected chi connectivity index (χ1v) is 5.73. The van der Waals surface area contributed by atoms with Gasteiger partial charge in [0.1, 0.15) is 5.65 Å². The molecule has 92 valence electrons. The molecule has 0 saturated carbocycles. The van der Waals surface area contributed by atoms with E-state index in [-0.39, 0.29) is 6.42 Å². The van der Waals surface area contributed by atoms with Gasteiger partial charge in [-0.3, -0.25) is 4.79 Å². The maximum Gasteiger partial charge on any atom is 0.309 e. The lowest BCUT2D eigenvalue weighted by Gasteiger charge is -1.98. The molecule has 0 aliphatic carbocycles. The minimum absolute atomic E-state index is 0.0276. The Morgan fingerprint density at radius 3 is 2.59 bits per heavy atom. The van der Waals surface area contributed by atoms with Gasteiger partial charge in [-0.25, -0.2) is 4.98 Å². The van der Waals surface area contributed by atoms with Crippen LogP contribution in [0.3, 0.4) is 0 Å². The maximum absolute atomic E-state index is 10.5. The molecule has 2 rings (SSSR count). The lowest BCUT2D eigenvalue weighted by atomic mass is 10.2. The quantitative estimate of drug-likeness (QED) is 0.869. The number of aryl methyl sites for hydroxylation is 2. The smallest absolute Gasteiger partial charge is 0.309 e. The molecule has 2 heterocycles. The van der Waals surface area contributed by atoms with Crippen LogP contribution < -0.4 is 0 Å². The number of hydrogen-bond acceptors (Lipinski definition) is 2. The van der Waals surface area contributed by atoms with E-state index in [1.54, 1.807) is 6.20 Å². The summed E-state index contributed by atoms with van der Waals surface area (Å²) >= 11 is 0. The number of nitrogens with zero attached hydrogens (tertiary/aromatic N) is 2. The lowest BCUT2D eigenvalue weighted by molar-refractivity contribution is -0.136. The number of pyridine rings is 1. The van der Waals surface area contributed by atoms with Crippen molar-refractivity contribution in [3.05, 3.63) is 35.3 Å². The van der Waals surface area contributed by atoms with Crippen LogP contribution in [0, 0.1) is 13.8 Å². The normalized spacial score (nSPS) is 9.88. The van der Waals surface area contributed by atoms with Gasteiger partial charge in [-0.2, -0.15) is 0 Å². The second kappa shape index (κ2) is 5.48. The third kappa shape index (κ3) is 3.06. The summed E-state index contributed by atoms with van der Waals surface area (Å²) in [6.45, 7) is 7.98. The average molecular weight is 234 g/mol. The summed E-state index contributed by atoms with van der Waals surface area (Å²) in [6, 6.07) is 2.03. The summed E-state index contributed by atoms with van der Waals surface area (Å²) in [7, 11) is 0. The second-order valence-corrected chi connectivity index (χ2v) is 3.73. The SMILES string of the molecule is CC.Cc1cc(C)c2nc(CC(=O)O)cn2c1. The Hall–Kier alpha value is -1.84. The minimum Gasteiger partial charge on any atom is -0.481 e. The van der Waals surface area contributed by atoms with Crippen LogP contribution in [0.15, 0.2) is 18.5 Å². The Kier molecular flexibility index (Phi) is 4.26. The highest BCUT2D eigenvalue weighted by molar-refractivity contribution is 5.70. The molecule has 0 atom stereocenters. The van der Waals surface area contributed by atoms with Crippen molar-refractivity contribution in [2.75, 3.05) is 0 Å². The standard InChI is InChI=1S/C11H12N2O2.C2H6/c1-7-3-8(2)11-12-9(4-10(14)15)6-13(11)5-7;1-2/h3,5-6H,4H2,1-2H3,(H,14,15);1-2H3. The van der Waals surface area contributed by atoms with Crippen LogP contribution in [0.4, 0.5) is 0 Å². The Bertz CT molecular complexity index is 529. The zero-order chi connectivity index (χ0) is 13.0. The predicted molar refractivity (Wildman–Crippen MR) is 67.4 cm³/mol. The summed E-state index contributed by atoms with van der Waals surface area (Å²) in [5.74, 6) is -0.854. The Morgan fingerprint density at radius 1 is 1.35 bits per heavy atom. The number of aliphatic carboxylic acids is 1. The molecule has 0 aromatic carbocycles. The topological polar surface area (TPSA) is 54.6 Å². The Morgan fingerprint density at radius 2 is 2.00 bits per heavy atom. The number of carboxylic acids is 1. The first kappa shape index (κ1) is 13.2. The van der Waals surface area contributed by atoms with Crippen LogP contribution in [-0.4, -0.2) is 20.5 Å². The van der Waals surface area contributed by atoms with Crippen molar-refractivity contribution in [1.82, 2.24) is 9.38 Å². The van der Waals surface area contributed by atoms with Crippen LogP contribution in [0.1, 0.15) is 30.7 Å². The van der Waals surface area contributed by atoms with Crippen molar-refractivity contribution in [1.29, 1.82) is 0 Å². The zero-order valence-corrected chi connectivity index (χ0v) is 10.7. The summed E-state index contributed by atoms with van der Waals surface area (Å²) < 4.78 is 1.88. The van der Waals surface area contributed by atoms with Crippen molar-refractivity contribution in [3.8, 4) is 0 Å². The Labute approximate surface area is 101 Å². The lowest BCUT2D eigenvalue weighted by Crippen LogP contribution is -1.99. The van der Waals surface area contributed by atoms with E-state index in [1.807, 2.05) is 44.4 Å². The van der Waals surface area contributed by atoms with E-state index < -0.39 is 5.97 Å². The fraction of sp³-hybridized carbons (Fsp3) is 0.385. The van der Waals surface area contributed by atoms with Gasteiger partial charge in [0.2, 0.25) is 0 Å². The maximum atomic E-state index is 10.5. The van der Waals surface area contributed by atoms with Gasteiger partial charge in [-0.1, -0.05) is 19.9 Å². The number of hydrogen-bond donors (Lipinski definition) is 1. The van der Waals surface area contributed by atoms with Gasteiger partial charge in [0.15, 0.2) is 0 Å². The first-order chi connectivity index (χ1) is 8.06. The third-order valence-electron chi connectivity index (χ3n) is 2.25. The molecular formula is C13H18N2O2. The van der Waals surface area contributed by atoms with Crippen LogP contribution in [0.5, 0.6) is 0 Å². The number of carbonyl (C=O) groups is 1. The van der Waals surface area contributed by atoms with Gasteiger partial charge in [-0.15, -0.1) is 0 Å². The van der Waals surface area contributed by atoms with Crippen LogP contribution in [-0.2, 0) is 11.2 Å². The molecule has 0 radical (unpaired) electrons. The summed E-state index contributed by atoms with van der Waals surface area (Å²) in [5, 5.41) is 8.67. The molecule has 0 unspecified atom stereocenters. The first-order valence-electron chi connectivity index (χ1n) is 5.73.